The van der Waals surface area contributed by atoms with E-state index in [1.807, 2.05) is 18.2 Å². The number of carbonyl (C=O) groups is 1. The van der Waals surface area contributed by atoms with Gasteiger partial charge in [0.05, 0.1) is 6.04 Å². The summed E-state index contributed by atoms with van der Waals surface area (Å²) in [5.74, 6) is -0.239. The van der Waals surface area contributed by atoms with Crippen molar-refractivity contribution < 1.29 is 14.3 Å². The summed E-state index contributed by atoms with van der Waals surface area (Å²) < 4.78 is 13.2. The quantitative estimate of drug-likeness (QED) is 0.935. The minimum atomic E-state index is -0.936. The van der Waals surface area contributed by atoms with Crippen molar-refractivity contribution in [1.82, 2.24) is 9.80 Å². The number of amides is 1. The number of hydrogen-bond acceptors (Lipinski definition) is 2. The normalized spacial score (nSPS) is 20.9. The van der Waals surface area contributed by atoms with Crippen LogP contribution in [-0.4, -0.2) is 47.2 Å². The monoisotopic (exact) mass is 328 g/mol. The first-order chi connectivity index (χ1) is 11.5. The zero-order valence-electron chi connectivity index (χ0n) is 13.6. The summed E-state index contributed by atoms with van der Waals surface area (Å²) in [4.78, 5) is 15.1. The van der Waals surface area contributed by atoms with E-state index in [2.05, 4.69) is 17.0 Å². The standard InChI is InChI=1S/C19H21FN2O2/c1-21(19(23)24)18-13-22(11-14-5-3-2-4-6-14)12-17(18)15-7-9-16(20)10-8-15/h2-10,17-18H,11-13H2,1H3,(H,23,24)/t17-,18+/m1/s1. The van der Waals surface area contributed by atoms with Gasteiger partial charge in [0.2, 0.25) is 0 Å². The van der Waals surface area contributed by atoms with E-state index >= 15 is 0 Å². The smallest absolute Gasteiger partial charge is 0.407 e. The van der Waals surface area contributed by atoms with Crippen LogP contribution in [0.15, 0.2) is 54.6 Å². The maximum atomic E-state index is 13.2. The molecule has 0 bridgehead atoms. The van der Waals surface area contributed by atoms with Gasteiger partial charge in [-0.3, -0.25) is 4.90 Å². The molecule has 1 aliphatic rings. The van der Waals surface area contributed by atoms with Crippen LogP contribution >= 0.6 is 0 Å². The fourth-order valence-electron chi connectivity index (χ4n) is 3.41. The molecule has 2 aromatic carbocycles. The molecule has 2 atom stereocenters. The molecule has 0 saturated carbocycles. The molecule has 3 rings (SSSR count). The Hall–Kier alpha value is -2.40. The lowest BCUT2D eigenvalue weighted by Crippen LogP contribution is -2.40. The summed E-state index contributed by atoms with van der Waals surface area (Å²) in [5.41, 5.74) is 2.18. The van der Waals surface area contributed by atoms with Crippen LogP contribution in [0.1, 0.15) is 17.0 Å². The second kappa shape index (κ2) is 7.01. The van der Waals surface area contributed by atoms with Gasteiger partial charge >= 0.3 is 6.09 Å². The van der Waals surface area contributed by atoms with Gasteiger partial charge in [-0.25, -0.2) is 9.18 Å². The third-order valence-corrected chi connectivity index (χ3v) is 4.71. The van der Waals surface area contributed by atoms with Crippen molar-refractivity contribution in [1.29, 1.82) is 0 Å². The topological polar surface area (TPSA) is 43.8 Å². The summed E-state index contributed by atoms with van der Waals surface area (Å²) in [6.45, 7) is 2.20. The van der Waals surface area contributed by atoms with Crippen molar-refractivity contribution in [2.24, 2.45) is 0 Å². The van der Waals surface area contributed by atoms with Crippen LogP contribution in [-0.2, 0) is 6.54 Å². The van der Waals surface area contributed by atoms with E-state index in [-0.39, 0.29) is 17.8 Å². The van der Waals surface area contributed by atoms with Crippen molar-refractivity contribution in [3.63, 3.8) is 0 Å². The van der Waals surface area contributed by atoms with Crippen molar-refractivity contribution in [3.8, 4) is 0 Å². The highest BCUT2D eigenvalue weighted by Gasteiger charge is 2.38. The highest BCUT2D eigenvalue weighted by molar-refractivity contribution is 5.65. The zero-order chi connectivity index (χ0) is 17.1. The van der Waals surface area contributed by atoms with E-state index in [9.17, 15) is 14.3 Å². The molecule has 126 valence electrons. The highest BCUT2D eigenvalue weighted by atomic mass is 19.1. The van der Waals surface area contributed by atoms with E-state index in [0.717, 1.165) is 18.7 Å². The first-order valence-electron chi connectivity index (χ1n) is 8.02. The van der Waals surface area contributed by atoms with Gasteiger partial charge in [-0.15, -0.1) is 0 Å². The lowest BCUT2D eigenvalue weighted by Gasteiger charge is -2.26. The van der Waals surface area contributed by atoms with Crippen LogP contribution in [0.2, 0.25) is 0 Å². The van der Waals surface area contributed by atoms with Crippen LogP contribution in [0.3, 0.4) is 0 Å². The summed E-state index contributed by atoms with van der Waals surface area (Å²) in [6.07, 6.45) is -0.936. The SMILES string of the molecule is CN(C(=O)O)[C@H]1CN(Cc2ccccc2)C[C@@H]1c1ccc(F)cc1. The van der Waals surface area contributed by atoms with Crippen molar-refractivity contribution >= 4 is 6.09 Å². The predicted molar refractivity (Wildman–Crippen MR) is 90.4 cm³/mol. The molecule has 0 aromatic heterocycles. The Morgan fingerprint density at radius 2 is 1.83 bits per heavy atom. The molecular formula is C19H21FN2O2. The number of likely N-dealkylation sites (N-methyl/N-ethyl adjacent to an activating group) is 1. The number of rotatable bonds is 4. The lowest BCUT2D eigenvalue weighted by atomic mass is 9.93. The molecule has 1 aliphatic heterocycles. The van der Waals surface area contributed by atoms with E-state index in [1.165, 1.54) is 22.6 Å². The van der Waals surface area contributed by atoms with Gasteiger partial charge in [-0.1, -0.05) is 42.5 Å². The minimum absolute atomic E-state index is 0.0374. The maximum Gasteiger partial charge on any atom is 0.407 e. The fourth-order valence-corrected chi connectivity index (χ4v) is 3.41. The van der Waals surface area contributed by atoms with E-state index < -0.39 is 6.09 Å². The zero-order valence-corrected chi connectivity index (χ0v) is 13.6. The first kappa shape index (κ1) is 16.5. The van der Waals surface area contributed by atoms with Crippen molar-refractivity contribution in [2.45, 2.75) is 18.5 Å². The van der Waals surface area contributed by atoms with Gasteiger partial charge in [0.15, 0.2) is 0 Å². The predicted octanol–water partition coefficient (Wildman–Crippen LogP) is 3.40. The molecule has 4 nitrogen and oxygen atoms in total. The van der Waals surface area contributed by atoms with Gasteiger partial charge in [0, 0.05) is 32.6 Å². The molecule has 0 aliphatic carbocycles. The Morgan fingerprint density at radius 3 is 2.46 bits per heavy atom. The molecule has 0 spiro atoms. The number of benzene rings is 2. The Labute approximate surface area is 141 Å². The minimum Gasteiger partial charge on any atom is -0.465 e. The second-order valence-corrected chi connectivity index (χ2v) is 6.30. The van der Waals surface area contributed by atoms with Gasteiger partial charge in [0.25, 0.3) is 0 Å². The molecule has 1 heterocycles. The third-order valence-electron chi connectivity index (χ3n) is 4.71. The van der Waals surface area contributed by atoms with Gasteiger partial charge in [0.1, 0.15) is 5.82 Å². The Morgan fingerprint density at radius 1 is 1.17 bits per heavy atom. The van der Waals surface area contributed by atoms with Gasteiger partial charge in [-0.05, 0) is 23.3 Å². The average Bonchev–Trinajstić information content (AvgIpc) is 2.99. The average molecular weight is 328 g/mol. The van der Waals surface area contributed by atoms with Gasteiger partial charge < -0.3 is 10.0 Å². The van der Waals surface area contributed by atoms with Crippen LogP contribution in [0, 0.1) is 5.82 Å². The van der Waals surface area contributed by atoms with Crippen LogP contribution in [0.4, 0.5) is 9.18 Å². The van der Waals surface area contributed by atoms with Crippen molar-refractivity contribution in [2.75, 3.05) is 20.1 Å². The largest absolute Gasteiger partial charge is 0.465 e. The number of likely N-dealkylation sites (tertiary alicyclic amines) is 1. The van der Waals surface area contributed by atoms with E-state index in [1.54, 1.807) is 19.2 Å². The molecular weight excluding hydrogens is 307 g/mol. The maximum absolute atomic E-state index is 13.2. The van der Waals surface area contributed by atoms with Crippen molar-refractivity contribution in [3.05, 3.63) is 71.5 Å². The number of halogens is 1. The third kappa shape index (κ3) is 3.57. The Kier molecular flexibility index (Phi) is 4.81. The molecule has 1 N–H and O–H groups in total. The summed E-state index contributed by atoms with van der Waals surface area (Å²) in [7, 11) is 1.61. The molecule has 24 heavy (non-hydrogen) atoms. The molecule has 0 radical (unpaired) electrons. The fraction of sp³-hybridized carbons (Fsp3) is 0.316. The van der Waals surface area contributed by atoms with Gasteiger partial charge in [-0.2, -0.15) is 0 Å². The first-order valence-corrected chi connectivity index (χ1v) is 8.02. The molecule has 2 aromatic rings. The Bertz CT molecular complexity index is 690. The molecule has 5 heteroatoms. The van der Waals surface area contributed by atoms with Crippen LogP contribution < -0.4 is 0 Å². The molecule has 1 saturated heterocycles. The van der Waals surface area contributed by atoms with E-state index in [0.29, 0.717) is 6.54 Å². The summed E-state index contributed by atoms with van der Waals surface area (Å²) in [5, 5.41) is 9.37. The number of carboxylic acid groups (broad SMARTS) is 1. The summed E-state index contributed by atoms with van der Waals surface area (Å²) in [6, 6.07) is 16.4. The van der Waals surface area contributed by atoms with E-state index in [4.69, 9.17) is 0 Å². The number of hydrogen-bond donors (Lipinski definition) is 1. The second-order valence-electron chi connectivity index (χ2n) is 6.30. The highest BCUT2D eigenvalue weighted by Crippen LogP contribution is 2.31. The van der Waals surface area contributed by atoms with Crippen LogP contribution in [0.25, 0.3) is 0 Å². The van der Waals surface area contributed by atoms with Crippen LogP contribution in [0.5, 0.6) is 0 Å². The molecule has 1 fully saturated rings. The Balaban J connectivity index is 1.81. The molecule has 1 amide bonds. The number of nitrogens with zero attached hydrogens (tertiary/aromatic N) is 2. The lowest BCUT2D eigenvalue weighted by molar-refractivity contribution is 0.135. The molecule has 0 unspecified atom stereocenters. The summed E-state index contributed by atoms with van der Waals surface area (Å²) >= 11 is 0.